The van der Waals surface area contributed by atoms with E-state index in [-0.39, 0.29) is 0 Å². The van der Waals surface area contributed by atoms with Crippen molar-refractivity contribution >= 4 is 5.82 Å². The summed E-state index contributed by atoms with van der Waals surface area (Å²) in [5.74, 6) is 2.46. The molecule has 0 aliphatic heterocycles. The van der Waals surface area contributed by atoms with Gasteiger partial charge < -0.3 is 9.64 Å². The molecule has 3 rings (SSSR count). The summed E-state index contributed by atoms with van der Waals surface area (Å²) >= 11 is 0. The quantitative estimate of drug-likeness (QED) is 0.703. The van der Waals surface area contributed by atoms with Crippen LogP contribution in [0.1, 0.15) is 0 Å². The van der Waals surface area contributed by atoms with Gasteiger partial charge in [-0.1, -0.05) is 36.9 Å². The normalized spacial score (nSPS) is 10.3. The summed E-state index contributed by atoms with van der Waals surface area (Å²) < 4.78 is 7.57. The van der Waals surface area contributed by atoms with Crippen LogP contribution in [0, 0.1) is 0 Å². The van der Waals surface area contributed by atoms with Gasteiger partial charge in [0.05, 0.1) is 6.20 Å². The summed E-state index contributed by atoms with van der Waals surface area (Å²) in [6.07, 6.45) is 3.80. The summed E-state index contributed by atoms with van der Waals surface area (Å²) in [5.41, 5.74) is 2.13. The molecule has 0 saturated carbocycles. The van der Waals surface area contributed by atoms with Gasteiger partial charge >= 0.3 is 0 Å². The highest BCUT2D eigenvalue weighted by molar-refractivity contribution is 5.63. The van der Waals surface area contributed by atoms with Crippen LogP contribution >= 0.6 is 0 Å². The smallest absolute Gasteiger partial charge is 0.127 e. The van der Waals surface area contributed by atoms with E-state index in [1.807, 2.05) is 86.0 Å². The minimum absolute atomic E-state index is 0.810. The number of rotatable bonds is 5. The third-order valence-corrected chi connectivity index (χ3v) is 3.53. The molecule has 1 heterocycles. The molecule has 1 aromatic heterocycles. The maximum Gasteiger partial charge on any atom is 0.127 e. The zero-order valence-electron chi connectivity index (χ0n) is 13.3. The van der Waals surface area contributed by atoms with Crippen molar-refractivity contribution in [3.8, 4) is 22.6 Å². The third-order valence-electron chi connectivity index (χ3n) is 3.53. The van der Waals surface area contributed by atoms with Crippen molar-refractivity contribution in [1.82, 2.24) is 14.7 Å². The van der Waals surface area contributed by atoms with E-state index in [4.69, 9.17) is 4.74 Å². The van der Waals surface area contributed by atoms with E-state index in [2.05, 4.69) is 11.7 Å². The van der Waals surface area contributed by atoms with Crippen LogP contribution in [-0.4, -0.2) is 28.8 Å². The highest BCUT2D eigenvalue weighted by Crippen LogP contribution is 2.25. The molecule has 4 heteroatoms. The summed E-state index contributed by atoms with van der Waals surface area (Å²) in [6.45, 7) is 4.00. The van der Waals surface area contributed by atoms with Gasteiger partial charge in [-0.2, -0.15) is 5.10 Å². The van der Waals surface area contributed by atoms with Gasteiger partial charge in [0, 0.05) is 25.9 Å². The lowest BCUT2D eigenvalue weighted by atomic mass is 10.1. The predicted octanol–water partition coefficient (Wildman–Crippen LogP) is 4.33. The number of aromatic nitrogens is 2. The van der Waals surface area contributed by atoms with Crippen LogP contribution in [0.15, 0.2) is 73.6 Å². The second kappa shape index (κ2) is 6.40. The molecule has 0 fully saturated rings. The topological polar surface area (TPSA) is 30.3 Å². The molecule has 2 aromatic carbocycles. The van der Waals surface area contributed by atoms with Gasteiger partial charge in [0.1, 0.15) is 17.3 Å². The Hall–Kier alpha value is -3.01. The van der Waals surface area contributed by atoms with E-state index in [9.17, 15) is 0 Å². The monoisotopic (exact) mass is 305 g/mol. The highest BCUT2D eigenvalue weighted by atomic mass is 16.5. The molecule has 0 unspecified atom stereocenters. The Labute approximate surface area is 136 Å². The Morgan fingerprint density at radius 2 is 1.61 bits per heavy atom. The number of hydrogen-bond acceptors (Lipinski definition) is 3. The molecule has 0 N–H and O–H groups in total. The maximum atomic E-state index is 5.80. The highest BCUT2D eigenvalue weighted by Gasteiger charge is 2.06. The molecule has 3 aromatic rings. The number of hydrogen-bond donors (Lipinski definition) is 0. The van der Waals surface area contributed by atoms with Crippen molar-refractivity contribution in [3.63, 3.8) is 0 Å². The van der Waals surface area contributed by atoms with Gasteiger partial charge in [-0.05, 0) is 29.8 Å². The first kappa shape index (κ1) is 14.9. The number of para-hydroxylation sites is 1. The molecule has 0 saturated heterocycles. The van der Waals surface area contributed by atoms with E-state index in [0.717, 1.165) is 28.4 Å². The second-order valence-corrected chi connectivity index (χ2v) is 5.42. The van der Waals surface area contributed by atoms with Gasteiger partial charge in [0.15, 0.2) is 0 Å². The van der Waals surface area contributed by atoms with Crippen LogP contribution in [0.2, 0.25) is 0 Å². The first-order valence-electron chi connectivity index (χ1n) is 7.38. The van der Waals surface area contributed by atoms with Gasteiger partial charge in [-0.15, -0.1) is 0 Å². The Bertz CT molecular complexity index is 789. The molecule has 0 aliphatic rings. The fourth-order valence-electron chi connectivity index (χ4n) is 2.16. The van der Waals surface area contributed by atoms with E-state index in [1.165, 1.54) is 0 Å². The van der Waals surface area contributed by atoms with Crippen LogP contribution < -0.4 is 4.74 Å². The summed E-state index contributed by atoms with van der Waals surface area (Å²) in [7, 11) is 3.89. The molecule has 0 spiro atoms. The second-order valence-electron chi connectivity index (χ2n) is 5.42. The first-order valence-corrected chi connectivity index (χ1v) is 7.38. The summed E-state index contributed by atoms with van der Waals surface area (Å²) in [5, 5.41) is 4.35. The largest absolute Gasteiger partial charge is 0.457 e. The van der Waals surface area contributed by atoms with E-state index >= 15 is 0 Å². The van der Waals surface area contributed by atoms with Gasteiger partial charge in [-0.3, -0.25) is 0 Å². The maximum absolute atomic E-state index is 5.80. The number of ether oxygens (including phenoxy) is 1. The van der Waals surface area contributed by atoms with Crippen molar-refractivity contribution < 1.29 is 4.74 Å². The predicted molar refractivity (Wildman–Crippen MR) is 93.2 cm³/mol. The minimum Gasteiger partial charge on any atom is -0.457 e. The summed E-state index contributed by atoms with van der Waals surface area (Å²) in [6, 6.07) is 17.7. The number of benzene rings is 2. The average Bonchev–Trinajstić information content (AvgIpc) is 3.05. The molecule has 0 atom stereocenters. The molecular formula is C19H19N3O. The molecule has 0 amide bonds. The summed E-state index contributed by atoms with van der Waals surface area (Å²) in [4.78, 5) is 1.92. The molecule has 0 aliphatic carbocycles. The van der Waals surface area contributed by atoms with Gasteiger partial charge in [-0.25, -0.2) is 4.68 Å². The van der Waals surface area contributed by atoms with Crippen LogP contribution in [0.4, 0.5) is 0 Å². The fraction of sp³-hybridized carbons (Fsp3) is 0.105. The fourth-order valence-corrected chi connectivity index (χ4v) is 2.16. The zero-order chi connectivity index (χ0) is 16.2. The molecule has 116 valence electrons. The Kier molecular flexibility index (Phi) is 4.15. The van der Waals surface area contributed by atoms with Crippen LogP contribution in [-0.2, 0) is 0 Å². The van der Waals surface area contributed by atoms with Gasteiger partial charge in [0.25, 0.3) is 0 Å². The van der Waals surface area contributed by atoms with Crippen LogP contribution in [0.25, 0.3) is 16.9 Å². The molecule has 0 bridgehead atoms. The van der Waals surface area contributed by atoms with Crippen molar-refractivity contribution in [2.24, 2.45) is 0 Å². The SMILES string of the molecule is C=C(N(C)C)n1cc(-c2ccc(Oc3ccccc3)cc2)cn1. The van der Waals surface area contributed by atoms with Crippen molar-refractivity contribution in [2.45, 2.75) is 0 Å². The molecule has 23 heavy (non-hydrogen) atoms. The molecule has 4 nitrogen and oxygen atoms in total. The first-order chi connectivity index (χ1) is 11.1. The van der Waals surface area contributed by atoms with E-state index < -0.39 is 0 Å². The number of nitrogens with zero attached hydrogens (tertiary/aromatic N) is 3. The van der Waals surface area contributed by atoms with Crippen molar-refractivity contribution in [3.05, 3.63) is 73.6 Å². The lowest BCUT2D eigenvalue weighted by molar-refractivity contribution is 0.483. The molecular weight excluding hydrogens is 286 g/mol. The standard InChI is InChI=1S/C19H19N3O/c1-15(21(2)3)22-14-17(13-20-22)16-9-11-19(12-10-16)23-18-7-5-4-6-8-18/h4-14H,1H2,2-3H3. The van der Waals surface area contributed by atoms with Crippen LogP contribution in [0.5, 0.6) is 11.5 Å². The van der Waals surface area contributed by atoms with Crippen molar-refractivity contribution in [2.75, 3.05) is 14.1 Å². The molecule has 0 radical (unpaired) electrons. The van der Waals surface area contributed by atoms with Crippen LogP contribution in [0.3, 0.4) is 0 Å². The minimum atomic E-state index is 0.810. The van der Waals surface area contributed by atoms with Crippen molar-refractivity contribution in [1.29, 1.82) is 0 Å². The third kappa shape index (κ3) is 3.43. The van der Waals surface area contributed by atoms with E-state index in [1.54, 1.807) is 4.68 Å². The zero-order valence-corrected chi connectivity index (χ0v) is 13.3. The lowest BCUT2D eigenvalue weighted by Crippen LogP contribution is -2.14. The van der Waals surface area contributed by atoms with E-state index in [0.29, 0.717) is 0 Å². The average molecular weight is 305 g/mol. The Balaban J connectivity index is 1.76. The Morgan fingerprint density at radius 1 is 0.957 bits per heavy atom. The van der Waals surface area contributed by atoms with Gasteiger partial charge in [0.2, 0.25) is 0 Å². The lowest BCUT2D eigenvalue weighted by Gasteiger charge is -2.14. The Morgan fingerprint density at radius 3 is 2.26 bits per heavy atom.